The van der Waals surface area contributed by atoms with Crippen LogP contribution in [0, 0.1) is 0 Å². The number of guanidine groups is 1. The minimum Gasteiger partial charge on any atom is -0.459 e. The van der Waals surface area contributed by atoms with Crippen LogP contribution >= 0.6 is 15.9 Å². The van der Waals surface area contributed by atoms with Crippen LogP contribution in [0.2, 0.25) is 0 Å². The minimum atomic E-state index is -3.96. The second-order valence-corrected chi connectivity index (χ2v) is 10.7. The van der Waals surface area contributed by atoms with E-state index in [1.165, 1.54) is 22.6 Å². The zero-order chi connectivity index (χ0) is 22.3. The Labute approximate surface area is 183 Å². The molecular weight excluding hydrogens is 474 g/mol. The predicted octanol–water partition coefficient (Wildman–Crippen LogP) is 2.40. The van der Waals surface area contributed by atoms with E-state index in [0.29, 0.717) is 28.1 Å². The number of esters is 1. The minimum absolute atomic E-state index is 0.0254. The van der Waals surface area contributed by atoms with Crippen molar-refractivity contribution < 1.29 is 17.9 Å². The number of halogens is 1. The first-order chi connectivity index (χ1) is 13.9. The number of nitrogens with zero attached hydrogens (tertiary/aromatic N) is 3. The Morgan fingerprint density at radius 2 is 2.00 bits per heavy atom. The molecule has 1 fully saturated rings. The van der Waals surface area contributed by atoms with Crippen molar-refractivity contribution in [3.05, 3.63) is 28.9 Å². The molecule has 0 amide bonds. The third-order valence-corrected chi connectivity index (χ3v) is 7.05. The molecule has 0 aliphatic carbocycles. The van der Waals surface area contributed by atoms with Gasteiger partial charge < -0.3 is 16.2 Å². The smallest absolute Gasteiger partial charge is 0.324 e. The molecule has 1 aliphatic heterocycles. The van der Waals surface area contributed by atoms with E-state index < -0.39 is 27.6 Å². The second-order valence-electron chi connectivity index (χ2n) is 7.98. The van der Waals surface area contributed by atoms with Gasteiger partial charge in [-0.1, -0.05) is 6.07 Å². The number of benzene rings is 1. The summed E-state index contributed by atoms with van der Waals surface area (Å²) in [5, 5.41) is 1.17. The molecule has 30 heavy (non-hydrogen) atoms. The van der Waals surface area contributed by atoms with Crippen molar-refractivity contribution in [3.63, 3.8) is 0 Å². The quantitative estimate of drug-likeness (QED) is 0.375. The monoisotopic (exact) mass is 497 g/mol. The number of sulfonamides is 1. The van der Waals surface area contributed by atoms with Crippen LogP contribution in [0.1, 0.15) is 33.6 Å². The molecule has 0 radical (unpaired) electrons. The summed E-state index contributed by atoms with van der Waals surface area (Å²) in [6, 6.07) is 3.75. The molecule has 1 aliphatic rings. The molecule has 0 unspecified atom stereocenters. The maximum Gasteiger partial charge on any atom is 0.324 e. The summed E-state index contributed by atoms with van der Waals surface area (Å²) >= 11 is 3.40. The Morgan fingerprint density at radius 1 is 1.30 bits per heavy atom. The van der Waals surface area contributed by atoms with Crippen LogP contribution < -0.4 is 11.5 Å². The number of pyridine rings is 1. The van der Waals surface area contributed by atoms with Crippen molar-refractivity contribution in [2.45, 2.75) is 50.2 Å². The fourth-order valence-electron chi connectivity index (χ4n) is 3.31. The van der Waals surface area contributed by atoms with E-state index in [1.807, 2.05) is 0 Å². The lowest BCUT2D eigenvalue weighted by molar-refractivity contribution is -0.158. The highest BCUT2D eigenvalue weighted by Crippen LogP contribution is 2.34. The van der Waals surface area contributed by atoms with Gasteiger partial charge in [-0.05, 0) is 61.7 Å². The van der Waals surface area contributed by atoms with Gasteiger partial charge in [-0.2, -0.15) is 9.30 Å². The summed E-state index contributed by atoms with van der Waals surface area (Å²) in [6.07, 6.45) is 2.52. The molecule has 1 atom stereocenters. The van der Waals surface area contributed by atoms with Crippen molar-refractivity contribution in [3.8, 4) is 0 Å². The van der Waals surface area contributed by atoms with Crippen molar-refractivity contribution in [2.24, 2.45) is 16.5 Å². The van der Waals surface area contributed by atoms with Crippen LogP contribution in [0.4, 0.5) is 5.82 Å². The topological polar surface area (TPSA) is 141 Å². The predicted molar refractivity (Wildman–Crippen MR) is 118 cm³/mol. The van der Waals surface area contributed by atoms with Gasteiger partial charge in [0.25, 0.3) is 0 Å². The van der Waals surface area contributed by atoms with Crippen molar-refractivity contribution in [1.82, 2.24) is 9.29 Å². The van der Waals surface area contributed by atoms with Crippen LogP contribution in [0.25, 0.3) is 10.8 Å². The summed E-state index contributed by atoms with van der Waals surface area (Å²) in [5.74, 6) is -0.533. The normalized spacial score (nSPS) is 17.8. The van der Waals surface area contributed by atoms with Crippen LogP contribution in [-0.4, -0.2) is 47.8 Å². The first kappa shape index (κ1) is 22.4. The molecule has 11 heteroatoms. The van der Waals surface area contributed by atoms with E-state index in [1.54, 1.807) is 26.8 Å². The molecule has 0 bridgehead atoms. The van der Waals surface area contributed by atoms with E-state index >= 15 is 0 Å². The highest BCUT2D eigenvalue weighted by molar-refractivity contribution is 9.10. The van der Waals surface area contributed by atoms with Crippen LogP contribution in [-0.2, 0) is 19.6 Å². The highest BCUT2D eigenvalue weighted by atomic mass is 79.9. The molecule has 2 aromatic rings. The number of hydrogen-bond donors (Lipinski definition) is 2. The number of aromatic nitrogens is 1. The van der Waals surface area contributed by atoms with E-state index in [4.69, 9.17) is 16.2 Å². The fraction of sp³-hybridized carbons (Fsp3) is 0.421. The number of rotatable bonds is 4. The number of ether oxygens (including phenoxy) is 1. The summed E-state index contributed by atoms with van der Waals surface area (Å²) in [5.41, 5.74) is 10.3. The standard InChI is InChI=1S/C19H24BrN5O4S/c1-19(2,3)29-17(26)15-5-4-8-25(15)30(27,28)11-6-7-12-13(9-11)16(24-18(21)22)23-10-14(12)20/h6-7,9-10,15H,4-5,8H2,1-3H3,(H4,21,22,23,24)/t15-/m0/s1. The van der Waals surface area contributed by atoms with Gasteiger partial charge in [-0.25, -0.2) is 13.4 Å². The average molecular weight is 498 g/mol. The number of carbonyl (C=O) groups excluding carboxylic acids is 1. The van der Waals surface area contributed by atoms with Gasteiger partial charge in [0.2, 0.25) is 10.0 Å². The molecule has 1 aromatic carbocycles. The molecule has 0 spiro atoms. The van der Waals surface area contributed by atoms with Gasteiger partial charge >= 0.3 is 5.97 Å². The number of carbonyl (C=O) groups is 1. The molecule has 3 rings (SSSR count). The lowest BCUT2D eigenvalue weighted by Crippen LogP contribution is -2.43. The lowest BCUT2D eigenvalue weighted by Gasteiger charge is -2.27. The van der Waals surface area contributed by atoms with Gasteiger partial charge in [0.15, 0.2) is 11.8 Å². The first-order valence-corrected chi connectivity index (χ1v) is 11.6. The molecule has 9 nitrogen and oxygen atoms in total. The van der Waals surface area contributed by atoms with Crippen LogP contribution in [0.3, 0.4) is 0 Å². The van der Waals surface area contributed by atoms with E-state index in [0.717, 1.165) is 0 Å². The molecule has 1 aromatic heterocycles. The number of aliphatic imine (C=N–C) groups is 1. The summed E-state index contributed by atoms with van der Waals surface area (Å²) in [6.45, 7) is 5.48. The van der Waals surface area contributed by atoms with E-state index in [2.05, 4.69) is 25.9 Å². The third kappa shape index (κ3) is 4.57. The van der Waals surface area contributed by atoms with E-state index in [9.17, 15) is 13.2 Å². The lowest BCUT2D eigenvalue weighted by atomic mass is 10.1. The Kier molecular flexibility index (Phi) is 6.08. The highest BCUT2D eigenvalue weighted by Gasteiger charge is 2.41. The molecule has 0 saturated carbocycles. The fourth-order valence-corrected chi connectivity index (χ4v) is 5.44. The van der Waals surface area contributed by atoms with Gasteiger partial charge in [0.1, 0.15) is 11.6 Å². The van der Waals surface area contributed by atoms with Crippen molar-refractivity contribution >= 4 is 54.5 Å². The zero-order valence-corrected chi connectivity index (χ0v) is 19.3. The summed E-state index contributed by atoms with van der Waals surface area (Å²) in [7, 11) is -3.96. The second kappa shape index (κ2) is 8.12. The third-order valence-electron chi connectivity index (χ3n) is 4.51. The Bertz CT molecular complexity index is 1120. The van der Waals surface area contributed by atoms with Crippen molar-refractivity contribution in [1.29, 1.82) is 0 Å². The maximum atomic E-state index is 13.4. The van der Waals surface area contributed by atoms with Gasteiger partial charge in [-0.15, -0.1) is 0 Å². The maximum absolute atomic E-state index is 13.4. The first-order valence-electron chi connectivity index (χ1n) is 9.33. The van der Waals surface area contributed by atoms with Gasteiger partial charge in [-0.3, -0.25) is 4.79 Å². The largest absolute Gasteiger partial charge is 0.459 e. The molecule has 162 valence electrons. The Hall–Kier alpha value is -2.24. The van der Waals surface area contributed by atoms with Crippen LogP contribution in [0.15, 0.2) is 38.8 Å². The summed E-state index contributed by atoms with van der Waals surface area (Å²) in [4.78, 5) is 20.8. The molecule has 4 N–H and O–H groups in total. The number of fused-ring (bicyclic) bond motifs is 1. The average Bonchev–Trinajstić information content (AvgIpc) is 3.13. The van der Waals surface area contributed by atoms with Gasteiger partial charge in [0.05, 0.1) is 4.90 Å². The van der Waals surface area contributed by atoms with Crippen molar-refractivity contribution in [2.75, 3.05) is 6.54 Å². The molecule has 1 saturated heterocycles. The number of nitrogens with two attached hydrogens (primary N) is 2. The molecule has 2 heterocycles. The number of hydrogen-bond acceptors (Lipinski definition) is 6. The Balaban J connectivity index is 2.05. The summed E-state index contributed by atoms with van der Waals surface area (Å²) < 4.78 is 34.1. The molecular formula is C19H24BrN5O4S. The zero-order valence-electron chi connectivity index (χ0n) is 16.9. The van der Waals surface area contributed by atoms with Gasteiger partial charge in [0, 0.05) is 28.0 Å². The SMILES string of the molecule is CC(C)(C)OC(=O)[C@@H]1CCCN1S(=O)(=O)c1ccc2c(Br)cnc(N=C(N)N)c2c1. The Morgan fingerprint density at radius 3 is 2.63 bits per heavy atom. The van der Waals surface area contributed by atoms with Crippen LogP contribution in [0.5, 0.6) is 0 Å². The van der Waals surface area contributed by atoms with E-state index in [-0.39, 0.29) is 23.2 Å².